The number of allylic oxidation sites excluding steroid dienone is 1. The molecule has 1 aromatic rings. The Morgan fingerprint density at radius 3 is 2.33 bits per heavy atom. The first-order valence-corrected chi connectivity index (χ1v) is 10.5. The summed E-state index contributed by atoms with van der Waals surface area (Å²) in [6.07, 6.45) is 12.2. The van der Waals surface area contributed by atoms with E-state index in [-0.39, 0.29) is 17.8 Å². The first kappa shape index (κ1) is 20.3. The lowest BCUT2D eigenvalue weighted by atomic mass is 9.71. The monoisotopic (exact) mass is 378 g/mol. The van der Waals surface area contributed by atoms with Crippen molar-refractivity contribution in [2.75, 3.05) is 13.2 Å². The first-order chi connectivity index (χ1) is 13.1. The molecule has 0 aliphatic heterocycles. The van der Waals surface area contributed by atoms with Gasteiger partial charge >= 0.3 is 0 Å². The summed E-state index contributed by atoms with van der Waals surface area (Å²) in [4.78, 5) is 0. The third-order valence-corrected chi connectivity index (χ3v) is 6.09. The first-order valence-electron chi connectivity index (χ1n) is 10.5. The Morgan fingerprint density at radius 1 is 0.926 bits per heavy atom. The Balaban J connectivity index is 1.56. The molecule has 2 unspecified atom stereocenters. The van der Waals surface area contributed by atoms with E-state index in [4.69, 9.17) is 9.47 Å². The van der Waals surface area contributed by atoms with Gasteiger partial charge in [-0.15, -0.1) is 0 Å². The van der Waals surface area contributed by atoms with Crippen molar-refractivity contribution >= 4 is 0 Å². The molecule has 2 atom stereocenters. The van der Waals surface area contributed by atoms with Crippen LogP contribution in [0.4, 0.5) is 8.78 Å². The quantitative estimate of drug-likeness (QED) is 0.511. The van der Waals surface area contributed by atoms with E-state index in [1.807, 2.05) is 0 Å². The average Bonchev–Trinajstić information content (AvgIpc) is 2.71. The average molecular weight is 379 g/mol. The minimum Gasteiger partial charge on any atom is -0.491 e. The van der Waals surface area contributed by atoms with Crippen molar-refractivity contribution in [2.45, 2.75) is 70.8 Å². The molecule has 2 aliphatic rings. The van der Waals surface area contributed by atoms with Gasteiger partial charge in [-0.2, -0.15) is 4.39 Å². The molecule has 4 heteroatoms. The molecule has 1 saturated carbocycles. The molecular formula is C23H32F2O2. The van der Waals surface area contributed by atoms with Crippen LogP contribution in [0.1, 0.15) is 70.3 Å². The summed E-state index contributed by atoms with van der Waals surface area (Å²) in [5, 5.41) is 0. The largest absolute Gasteiger partial charge is 0.491 e. The van der Waals surface area contributed by atoms with Crippen molar-refractivity contribution in [1.29, 1.82) is 0 Å². The van der Waals surface area contributed by atoms with E-state index < -0.39 is 11.6 Å². The summed E-state index contributed by atoms with van der Waals surface area (Å²) >= 11 is 0. The Kier molecular flexibility index (Phi) is 7.28. The Bertz CT molecular complexity index is 636. The third-order valence-electron chi connectivity index (χ3n) is 6.09. The number of halogens is 2. The summed E-state index contributed by atoms with van der Waals surface area (Å²) in [5.74, 6) is -0.184. The van der Waals surface area contributed by atoms with Crippen LogP contribution in [0.2, 0.25) is 0 Å². The smallest absolute Gasteiger partial charge is 0.200 e. The van der Waals surface area contributed by atoms with Crippen molar-refractivity contribution in [2.24, 2.45) is 11.8 Å². The van der Waals surface area contributed by atoms with Crippen molar-refractivity contribution in [3.05, 3.63) is 41.5 Å². The van der Waals surface area contributed by atoms with Gasteiger partial charge in [0.25, 0.3) is 0 Å². The fourth-order valence-corrected chi connectivity index (χ4v) is 4.60. The van der Waals surface area contributed by atoms with Crippen molar-refractivity contribution in [3.8, 4) is 5.75 Å². The van der Waals surface area contributed by atoms with Crippen LogP contribution in [0, 0.1) is 23.5 Å². The maximum absolute atomic E-state index is 14.5. The molecule has 0 radical (unpaired) electrons. The van der Waals surface area contributed by atoms with E-state index in [0.29, 0.717) is 24.0 Å². The zero-order valence-electron chi connectivity index (χ0n) is 16.6. The van der Waals surface area contributed by atoms with Gasteiger partial charge in [-0.05, 0) is 81.3 Å². The Morgan fingerprint density at radius 2 is 1.70 bits per heavy atom. The normalized spacial score (nSPS) is 28.3. The van der Waals surface area contributed by atoms with Gasteiger partial charge in [-0.3, -0.25) is 0 Å². The lowest BCUT2D eigenvalue weighted by Gasteiger charge is -2.35. The summed E-state index contributed by atoms with van der Waals surface area (Å²) in [6, 6.07) is 3.29. The van der Waals surface area contributed by atoms with Gasteiger partial charge in [-0.1, -0.05) is 25.1 Å². The number of benzene rings is 1. The summed E-state index contributed by atoms with van der Waals surface area (Å²) in [5.41, 5.74) is 0.515. The molecule has 27 heavy (non-hydrogen) atoms. The SMILES string of the molecule is CCCOC1C=CC(C2CCC(c3ccc(OCC)c(F)c3F)CC2)CC1. The van der Waals surface area contributed by atoms with Gasteiger partial charge < -0.3 is 9.47 Å². The maximum atomic E-state index is 14.5. The second-order valence-electron chi connectivity index (χ2n) is 7.86. The zero-order valence-corrected chi connectivity index (χ0v) is 16.6. The predicted octanol–water partition coefficient (Wildman–Crippen LogP) is 6.40. The molecular weight excluding hydrogens is 346 g/mol. The van der Waals surface area contributed by atoms with E-state index in [9.17, 15) is 8.78 Å². The fraction of sp³-hybridized carbons (Fsp3) is 0.652. The van der Waals surface area contributed by atoms with E-state index in [1.165, 1.54) is 6.42 Å². The molecule has 2 nitrogen and oxygen atoms in total. The molecule has 150 valence electrons. The minimum atomic E-state index is -0.843. The van der Waals surface area contributed by atoms with Gasteiger partial charge in [0, 0.05) is 6.61 Å². The van der Waals surface area contributed by atoms with Gasteiger partial charge in [0.2, 0.25) is 5.82 Å². The number of hydrogen-bond donors (Lipinski definition) is 0. The molecule has 3 rings (SSSR count). The van der Waals surface area contributed by atoms with Crippen LogP contribution in [-0.4, -0.2) is 19.3 Å². The van der Waals surface area contributed by atoms with Crippen molar-refractivity contribution in [3.63, 3.8) is 0 Å². The highest BCUT2D eigenvalue weighted by molar-refractivity contribution is 5.33. The van der Waals surface area contributed by atoms with Gasteiger partial charge in [-0.25, -0.2) is 4.39 Å². The number of rotatable bonds is 7. The summed E-state index contributed by atoms with van der Waals surface area (Å²) in [7, 11) is 0. The predicted molar refractivity (Wildman–Crippen MR) is 104 cm³/mol. The van der Waals surface area contributed by atoms with Crippen LogP contribution >= 0.6 is 0 Å². The molecule has 1 fully saturated rings. The minimum absolute atomic E-state index is 0.0135. The molecule has 0 spiro atoms. The summed E-state index contributed by atoms with van der Waals surface area (Å²) in [6.45, 7) is 5.06. The second-order valence-corrected chi connectivity index (χ2v) is 7.86. The molecule has 2 aliphatic carbocycles. The van der Waals surface area contributed by atoms with Crippen LogP contribution in [0.15, 0.2) is 24.3 Å². The lowest BCUT2D eigenvalue weighted by Crippen LogP contribution is -2.25. The highest BCUT2D eigenvalue weighted by Gasteiger charge is 2.31. The van der Waals surface area contributed by atoms with Crippen LogP contribution in [0.3, 0.4) is 0 Å². The molecule has 0 bridgehead atoms. The third kappa shape index (κ3) is 4.90. The van der Waals surface area contributed by atoms with Gasteiger partial charge in [0.1, 0.15) is 0 Å². The number of hydrogen-bond acceptors (Lipinski definition) is 2. The van der Waals surface area contributed by atoms with E-state index in [2.05, 4.69) is 19.1 Å². The molecule has 0 saturated heterocycles. The zero-order chi connectivity index (χ0) is 19.2. The number of ether oxygens (including phenoxy) is 2. The van der Waals surface area contributed by atoms with Crippen LogP contribution in [0.25, 0.3) is 0 Å². The highest BCUT2D eigenvalue weighted by Crippen LogP contribution is 2.43. The summed E-state index contributed by atoms with van der Waals surface area (Å²) < 4.78 is 39.6. The molecule has 0 heterocycles. The Labute approximate surface area is 161 Å². The van der Waals surface area contributed by atoms with Crippen molar-refractivity contribution < 1.29 is 18.3 Å². The van der Waals surface area contributed by atoms with E-state index in [0.717, 1.165) is 45.1 Å². The van der Waals surface area contributed by atoms with E-state index >= 15 is 0 Å². The molecule has 0 aromatic heterocycles. The standard InChI is InChI=1S/C23H32F2O2/c1-3-15-27-19-11-9-17(10-12-19)16-5-7-18(8-6-16)20-13-14-21(26-4-2)23(25)22(20)24/h9,11,13-14,16-19H,3-8,10,12,15H2,1-2H3. The van der Waals surface area contributed by atoms with Crippen LogP contribution < -0.4 is 4.74 Å². The van der Waals surface area contributed by atoms with Gasteiger partial charge in [0.05, 0.1) is 12.7 Å². The van der Waals surface area contributed by atoms with Gasteiger partial charge in [0.15, 0.2) is 11.6 Å². The molecule has 0 amide bonds. The lowest BCUT2D eigenvalue weighted by molar-refractivity contribution is 0.0671. The second kappa shape index (κ2) is 9.68. The van der Waals surface area contributed by atoms with E-state index in [1.54, 1.807) is 19.1 Å². The molecule has 0 N–H and O–H groups in total. The molecule has 1 aromatic carbocycles. The van der Waals surface area contributed by atoms with Crippen LogP contribution in [0.5, 0.6) is 5.75 Å². The van der Waals surface area contributed by atoms with Crippen LogP contribution in [-0.2, 0) is 4.74 Å². The Hall–Kier alpha value is -1.42. The topological polar surface area (TPSA) is 18.5 Å². The fourth-order valence-electron chi connectivity index (χ4n) is 4.60. The highest BCUT2D eigenvalue weighted by atomic mass is 19.2. The van der Waals surface area contributed by atoms with Crippen molar-refractivity contribution in [1.82, 2.24) is 0 Å². The maximum Gasteiger partial charge on any atom is 0.200 e.